The highest BCUT2D eigenvalue weighted by molar-refractivity contribution is 5.05. The lowest BCUT2D eigenvalue weighted by atomic mass is 10.2. The number of ether oxygens (including phenoxy) is 1. The van der Waals surface area contributed by atoms with Gasteiger partial charge >= 0.3 is 0 Å². The summed E-state index contributed by atoms with van der Waals surface area (Å²) in [6.07, 6.45) is 5.10. The van der Waals surface area contributed by atoms with E-state index in [-0.39, 0.29) is 6.10 Å². The topological polar surface area (TPSA) is 64.3 Å². The van der Waals surface area contributed by atoms with Crippen LogP contribution in [0.2, 0.25) is 0 Å². The minimum Gasteiger partial charge on any atom is -0.369 e. The van der Waals surface area contributed by atoms with Gasteiger partial charge in [-0.3, -0.25) is 14.9 Å². The molecule has 2 aromatic heterocycles. The van der Waals surface area contributed by atoms with Crippen molar-refractivity contribution in [2.24, 2.45) is 0 Å². The molecule has 0 radical (unpaired) electrons. The fraction of sp³-hybridized carbons (Fsp3) is 0.462. The molecule has 1 aliphatic rings. The lowest BCUT2D eigenvalue weighted by Crippen LogP contribution is -2.38. The Labute approximate surface area is 111 Å². The SMILES string of the molecule is Cc1cc(CN2CCO[C@@H](c3cnccn3)C2)no1. The van der Waals surface area contributed by atoms with Crippen molar-refractivity contribution >= 4 is 0 Å². The first-order valence-corrected chi connectivity index (χ1v) is 6.33. The standard InChI is InChI=1S/C13H16N4O2/c1-10-6-11(16-19-10)8-17-4-5-18-13(9-17)12-7-14-2-3-15-12/h2-3,6-7,13H,4-5,8-9H2,1H3/t13-/m1/s1. The summed E-state index contributed by atoms with van der Waals surface area (Å²) in [6.45, 7) is 5.06. The Morgan fingerprint density at radius 1 is 1.42 bits per heavy atom. The van der Waals surface area contributed by atoms with Gasteiger partial charge in [-0.05, 0) is 6.92 Å². The van der Waals surface area contributed by atoms with Crippen molar-refractivity contribution in [2.75, 3.05) is 19.7 Å². The predicted molar refractivity (Wildman–Crippen MR) is 67.2 cm³/mol. The van der Waals surface area contributed by atoms with Crippen LogP contribution < -0.4 is 0 Å². The van der Waals surface area contributed by atoms with Crippen molar-refractivity contribution in [1.82, 2.24) is 20.0 Å². The zero-order valence-corrected chi connectivity index (χ0v) is 10.8. The van der Waals surface area contributed by atoms with Crippen molar-refractivity contribution < 1.29 is 9.26 Å². The molecule has 0 saturated carbocycles. The third kappa shape index (κ3) is 2.97. The molecule has 0 unspecified atom stereocenters. The molecule has 1 atom stereocenters. The molecule has 0 N–H and O–H groups in total. The van der Waals surface area contributed by atoms with Gasteiger partial charge in [-0.2, -0.15) is 0 Å². The van der Waals surface area contributed by atoms with E-state index in [1.165, 1.54) is 0 Å². The van der Waals surface area contributed by atoms with Crippen LogP contribution in [0.4, 0.5) is 0 Å². The Hall–Kier alpha value is -1.79. The maximum atomic E-state index is 5.75. The Morgan fingerprint density at radius 2 is 2.37 bits per heavy atom. The van der Waals surface area contributed by atoms with Gasteiger partial charge in [-0.15, -0.1) is 0 Å². The highest BCUT2D eigenvalue weighted by atomic mass is 16.5. The molecule has 1 fully saturated rings. The number of rotatable bonds is 3. The van der Waals surface area contributed by atoms with E-state index < -0.39 is 0 Å². The molecular formula is C13H16N4O2. The normalized spacial score (nSPS) is 20.6. The van der Waals surface area contributed by atoms with Gasteiger partial charge < -0.3 is 9.26 Å². The highest BCUT2D eigenvalue weighted by Crippen LogP contribution is 2.20. The molecule has 0 amide bonds. The van der Waals surface area contributed by atoms with Crippen LogP contribution in [0, 0.1) is 6.92 Å². The van der Waals surface area contributed by atoms with E-state index in [0.717, 1.165) is 36.8 Å². The van der Waals surface area contributed by atoms with Crippen LogP contribution in [0.25, 0.3) is 0 Å². The minimum atomic E-state index is -0.0181. The zero-order valence-electron chi connectivity index (χ0n) is 10.8. The van der Waals surface area contributed by atoms with Crippen LogP contribution in [-0.4, -0.2) is 39.7 Å². The van der Waals surface area contributed by atoms with E-state index in [0.29, 0.717) is 6.61 Å². The van der Waals surface area contributed by atoms with E-state index in [1.807, 2.05) is 13.0 Å². The molecule has 3 heterocycles. The van der Waals surface area contributed by atoms with Gasteiger partial charge in [0.15, 0.2) is 0 Å². The molecule has 1 saturated heterocycles. The first-order valence-electron chi connectivity index (χ1n) is 6.33. The molecule has 6 heteroatoms. The van der Waals surface area contributed by atoms with E-state index in [4.69, 9.17) is 9.26 Å². The molecule has 0 bridgehead atoms. The van der Waals surface area contributed by atoms with Gasteiger partial charge in [0, 0.05) is 38.1 Å². The van der Waals surface area contributed by atoms with Crippen LogP contribution in [-0.2, 0) is 11.3 Å². The van der Waals surface area contributed by atoms with Crippen LogP contribution in [0.3, 0.4) is 0 Å². The maximum absolute atomic E-state index is 5.75. The minimum absolute atomic E-state index is 0.0181. The van der Waals surface area contributed by atoms with Gasteiger partial charge in [-0.1, -0.05) is 5.16 Å². The summed E-state index contributed by atoms with van der Waals surface area (Å²) in [5.41, 5.74) is 1.83. The van der Waals surface area contributed by atoms with Crippen LogP contribution in [0.15, 0.2) is 29.2 Å². The molecule has 3 rings (SSSR count). The van der Waals surface area contributed by atoms with Crippen molar-refractivity contribution in [3.8, 4) is 0 Å². The second kappa shape index (κ2) is 5.46. The summed E-state index contributed by atoms with van der Waals surface area (Å²) in [5, 5.41) is 4.02. The summed E-state index contributed by atoms with van der Waals surface area (Å²) in [5.74, 6) is 0.841. The lowest BCUT2D eigenvalue weighted by molar-refractivity contribution is -0.0357. The van der Waals surface area contributed by atoms with E-state index >= 15 is 0 Å². The fourth-order valence-corrected chi connectivity index (χ4v) is 2.22. The quantitative estimate of drug-likeness (QED) is 0.830. The van der Waals surface area contributed by atoms with Crippen molar-refractivity contribution in [3.63, 3.8) is 0 Å². The second-order valence-electron chi connectivity index (χ2n) is 4.65. The lowest BCUT2D eigenvalue weighted by Gasteiger charge is -2.31. The van der Waals surface area contributed by atoms with Gasteiger partial charge in [0.1, 0.15) is 11.9 Å². The smallest absolute Gasteiger partial charge is 0.133 e. The molecule has 19 heavy (non-hydrogen) atoms. The summed E-state index contributed by atoms with van der Waals surface area (Å²) >= 11 is 0. The largest absolute Gasteiger partial charge is 0.369 e. The van der Waals surface area contributed by atoms with Crippen molar-refractivity contribution in [2.45, 2.75) is 19.6 Å². The first-order chi connectivity index (χ1) is 9.31. The number of hydrogen-bond acceptors (Lipinski definition) is 6. The zero-order chi connectivity index (χ0) is 13.1. The number of nitrogens with zero attached hydrogens (tertiary/aromatic N) is 4. The molecule has 0 aliphatic carbocycles. The summed E-state index contributed by atoms with van der Waals surface area (Å²) in [7, 11) is 0. The van der Waals surface area contributed by atoms with Gasteiger partial charge in [0.25, 0.3) is 0 Å². The van der Waals surface area contributed by atoms with Crippen LogP contribution >= 0.6 is 0 Å². The number of hydrogen-bond donors (Lipinski definition) is 0. The fourth-order valence-electron chi connectivity index (χ4n) is 2.22. The number of aryl methyl sites for hydroxylation is 1. The van der Waals surface area contributed by atoms with E-state index in [2.05, 4.69) is 20.0 Å². The van der Waals surface area contributed by atoms with Gasteiger partial charge in [0.05, 0.1) is 24.2 Å². The molecule has 6 nitrogen and oxygen atoms in total. The van der Waals surface area contributed by atoms with Crippen LogP contribution in [0.5, 0.6) is 0 Å². The van der Waals surface area contributed by atoms with Crippen molar-refractivity contribution in [3.05, 3.63) is 41.8 Å². The Balaban J connectivity index is 1.65. The third-order valence-corrected chi connectivity index (χ3v) is 3.13. The average Bonchev–Trinajstić information content (AvgIpc) is 2.85. The van der Waals surface area contributed by atoms with Crippen LogP contribution in [0.1, 0.15) is 23.3 Å². The third-order valence-electron chi connectivity index (χ3n) is 3.13. The van der Waals surface area contributed by atoms with Crippen molar-refractivity contribution in [1.29, 1.82) is 0 Å². The Morgan fingerprint density at radius 3 is 3.11 bits per heavy atom. The highest BCUT2D eigenvalue weighted by Gasteiger charge is 2.23. The summed E-state index contributed by atoms with van der Waals surface area (Å²) in [6, 6.07) is 1.97. The first kappa shape index (κ1) is 12.3. The van der Waals surface area contributed by atoms with E-state index in [1.54, 1.807) is 18.6 Å². The molecule has 100 valence electrons. The molecule has 2 aromatic rings. The van der Waals surface area contributed by atoms with E-state index in [9.17, 15) is 0 Å². The average molecular weight is 260 g/mol. The second-order valence-corrected chi connectivity index (χ2v) is 4.65. The monoisotopic (exact) mass is 260 g/mol. The summed E-state index contributed by atoms with van der Waals surface area (Å²) in [4.78, 5) is 10.7. The predicted octanol–water partition coefficient (Wildman–Crippen LogP) is 1.35. The van der Waals surface area contributed by atoms with Gasteiger partial charge in [0.2, 0.25) is 0 Å². The van der Waals surface area contributed by atoms with Gasteiger partial charge in [-0.25, -0.2) is 0 Å². The Kier molecular flexibility index (Phi) is 3.52. The molecule has 0 aromatic carbocycles. The maximum Gasteiger partial charge on any atom is 0.133 e. The molecule has 0 spiro atoms. The molecular weight excluding hydrogens is 244 g/mol. The Bertz CT molecular complexity index is 528. The summed E-state index contributed by atoms with van der Waals surface area (Å²) < 4.78 is 10.8. The molecule has 1 aliphatic heterocycles. The number of aromatic nitrogens is 3. The number of morpholine rings is 1.